The van der Waals surface area contributed by atoms with Crippen LogP contribution in [0.25, 0.3) is 0 Å². The topological polar surface area (TPSA) is 47.7 Å². The van der Waals surface area contributed by atoms with Gasteiger partial charge in [-0.2, -0.15) is 23.4 Å². The largest absolute Gasteiger partial charge is 0.408 e. The second kappa shape index (κ2) is 6.95. The van der Waals surface area contributed by atoms with Crippen molar-refractivity contribution in [2.75, 3.05) is 0 Å². The van der Waals surface area contributed by atoms with Gasteiger partial charge in [-0.3, -0.25) is 9.36 Å². The lowest BCUT2D eigenvalue weighted by atomic mass is 10.2. The van der Waals surface area contributed by atoms with Gasteiger partial charge < -0.3 is 5.32 Å². The molecule has 9 heteroatoms. The van der Waals surface area contributed by atoms with Gasteiger partial charge in [0, 0.05) is 38.1 Å². The van der Waals surface area contributed by atoms with E-state index in [0.717, 1.165) is 15.9 Å². The number of nitrogens with zero attached hydrogens (tertiary/aromatic N) is 4. The number of nitrogens with one attached hydrogen (secondary N) is 1. The first-order valence-electron chi connectivity index (χ1n) is 6.12. The molecule has 0 amide bonds. The summed E-state index contributed by atoms with van der Waals surface area (Å²) < 4.78 is 39.2. The molecule has 21 heavy (non-hydrogen) atoms. The molecule has 0 saturated heterocycles. The van der Waals surface area contributed by atoms with Gasteiger partial charge >= 0.3 is 6.18 Å². The highest BCUT2D eigenvalue weighted by Gasteiger charge is 2.28. The monoisotopic (exact) mass is 323 g/mol. The molecule has 0 saturated carbocycles. The van der Waals surface area contributed by atoms with Crippen LogP contribution in [-0.4, -0.2) is 25.7 Å². The summed E-state index contributed by atoms with van der Waals surface area (Å²) >= 11 is 0. The third-order valence-corrected chi connectivity index (χ3v) is 2.77. The SMILES string of the molecule is Cc1nn(C)cc1CNCc1ccn(CC(F)(F)F)n1.Cl. The minimum atomic E-state index is -4.25. The van der Waals surface area contributed by atoms with E-state index in [1.165, 1.54) is 6.20 Å². The standard InChI is InChI=1S/C12H16F3N5.ClH/c1-9-10(7-19(2)17-9)5-16-6-11-3-4-20(18-11)8-12(13,14)15;/h3-4,7,16H,5-6,8H2,1-2H3;1H. The molecule has 2 aromatic heterocycles. The molecule has 1 N–H and O–H groups in total. The maximum atomic E-state index is 12.2. The van der Waals surface area contributed by atoms with E-state index < -0.39 is 12.7 Å². The maximum Gasteiger partial charge on any atom is 0.408 e. The first-order chi connectivity index (χ1) is 9.33. The highest BCUT2D eigenvalue weighted by molar-refractivity contribution is 5.85. The molecule has 0 fully saturated rings. The maximum absolute atomic E-state index is 12.2. The third kappa shape index (κ3) is 5.39. The van der Waals surface area contributed by atoms with Gasteiger partial charge in [-0.25, -0.2) is 0 Å². The summed E-state index contributed by atoms with van der Waals surface area (Å²) in [5.41, 5.74) is 2.57. The number of hydrogen-bond donors (Lipinski definition) is 1. The molecular weight excluding hydrogens is 307 g/mol. The normalized spacial score (nSPS) is 11.5. The van der Waals surface area contributed by atoms with Crippen LogP contribution in [0, 0.1) is 6.92 Å². The first kappa shape index (κ1) is 17.5. The molecule has 5 nitrogen and oxygen atoms in total. The number of aryl methyl sites for hydroxylation is 2. The van der Waals surface area contributed by atoms with E-state index in [0.29, 0.717) is 18.8 Å². The molecule has 0 aliphatic carbocycles. The number of hydrogen-bond acceptors (Lipinski definition) is 3. The van der Waals surface area contributed by atoms with Crippen LogP contribution < -0.4 is 5.32 Å². The van der Waals surface area contributed by atoms with Gasteiger partial charge in [-0.15, -0.1) is 12.4 Å². The molecule has 0 atom stereocenters. The highest BCUT2D eigenvalue weighted by Crippen LogP contribution is 2.16. The number of alkyl halides is 3. The van der Waals surface area contributed by atoms with Gasteiger partial charge in [0.15, 0.2) is 0 Å². The van der Waals surface area contributed by atoms with E-state index in [1.54, 1.807) is 10.7 Å². The molecule has 0 aliphatic heterocycles. The molecule has 0 radical (unpaired) electrons. The Balaban J connectivity index is 0.00000220. The molecule has 2 rings (SSSR count). The van der Waals surface area contributed by atoms with Crippen molar-refractivity contribution in [3.05, 3.63) is 35.4 Å². The average Bonchev–Trinajstić information content (AvgIpc) is 2.84. The van der Waals surface area contributed by atoms with Gasteiger partial charge in [0.2, 0.25) is 0 Å². The fourth-order valence-corrected chi connectivity index (χ4v) is 1.92. The zero-order valence-corrected chi connectivity index (χ0v) is 12.5. The summed E-state index contributed by atoms with van der Waals surface area (Å²) in [5, 5.41) is 11.2. The zero-order valence-electron chi connectivity index (χ0n) is 11.7. The van der Waals surface area contributed by atoms with Crippen molar-refractivity contribution in [3.63, 3.8) is 0 Å². The summed E-state index contributed by atoms with van der Waals surface area (Å²) in [6.07, 6.45) is -1.01. The number of aromatic nitrogens is 4. The van der Waals surface area contributed by atoms with Crippen LogP contribution in [0.4, 0.5) is 13.2 Å². The smallest absolute Gasteiger partial charge is 0.307 e. The Hall–Kier alpha value is -1.54. The fraction of sp³-hybridized carbons (Fsp3) is 0.500. The second-order valence-electron chi connectivity index (χ2n) is 4.64. The van der Waals surface area contributed by atoms with E-state index in [-0.39, 0.29) is 12.4 Å². The second-order valence-corrected chi connectivity index (χ2v) is 4.64. The number of halogens is 4. The Morgan fingerprint density at radius 2 is 1.95 bits per heavy atom. The van der Waals surface area contributed by atoms with Crippen LogP contribution in [0.15, 0.2) is 18.5 Å². The predicted octanol–water partition coefficient (Wildman–Crippen LogP) is 2.20. The minimum Gasteiger partial charge on any atom is -0.307 e. The summed E-state index contributed by atoms with van der Waals surface area (Å²) in [6, 6.07) is 1.58. The van der Waals surface area contributed by atoms with Gasteiger partial charge in [0.1, 0.15) is 6.54 Å². The summed E-state index contributed by atoms with van der Waals surface area (Å²) in [7, 11) is 1.84. The van der Waals surface area contributed by atoms with E-state index in [2.05, 4.69) is 15.5 Å². The van der Waals surface area contributed by atoms with Crippen molar-refractivity contribution in [3.8, 4) is 0 Å². The highest BCUT2D eigenvalue weighted by atomic mass is 35.5. The van der Waals surface area contributed by atoms with E-state index in [9.17, 15) is 13.2 Å². The molecule has 0 spiro atoms. The fourth-order valence-electron chi connectivity index (χ4n) is 1.92. The van der Waals surface area contributed by atoms with Crippen molar-refractivity contribution in [1.82, 2.24) is 24.9 Å². The van der Waals surface area contributed by atoms with Gasteiger partial charge in [0.05, 0.1) is 11.4 Å². The minimum absolute atomic E-state index is 0. The van der Waals surface area contributed by atoms with Gasteiger partial charge in [-0.05, 0) is 13.0 Å². The summed E-state index contributed by atoms with van der Waals surface area (Å²) in [5.74, 6) is 0. The molecule has 0 bridgehead atoms. The molecule has 0 aliphatic rings. The van der Waals surface area contributed by atoms with Crippen LogP contribution >= 0.6 is 12.4 Å². The zero-order chi connectivity index (χ0) is 14.8. The average molecular weight is 324 g/mol. The molecule has 2 heterocycles. The van der Waals surface area contributed by atoms with Crippen LogP contribution in [-0.2, 0) is 26.7 Å². The van der Waals surface area contributed by atoms with Gasteiger partial charge in [0.25, 0.3) is 0 Å². The van der Waals surface area contributed by atoms with E-state index >= 15 is 0 Å². The Kier molecular flexibility index (Phi) is 5.79. The molecular formula is C12H17ClF3N5. The van der Waals surface area contributed by atoms with Crippen LogP contribution in [0.1, 0.15) is 17.0 Å². The van der Waals surface area contributed by atoms with Crippen molar-refractivity contribution < 1.29 is 13.2 Å². The predicted molar refractivity (Wildman–Crippen MR) is 74.0 cm³/mol. The van der Waals surface area contributed by atoms with Crippen molar-refractivity contribution in [1.29, 1.82) is 0 Å². The van der Waals surface area contributed by atoms with Crippen LogP contribution in [0.2, 0.25) is 0 Å². The Morgan fingerprint density at radius 1 is 1.24 bits per heavy atom. The van der Waals surface area contributed by atoms with E-state index in [4.69, 9.17) is 0 Å². The molecule has 0 aromatic carbocycles. The van der Waals surface area contributed by atoms with Crippen LogP contribution in [0.3, 0.4) is 0 Å². The quantitative estimate of drug-likeness (QED) is 0.917. The Morgan fingerprint density at radius 3 is 2.52 bits per heavy atom. The molecule has 118 valence electrons. The first-order valence-corrected chi connectivity index (χ1v) is 6.12. The van der Waals surface area contributed by atoms with Crippen molar-refractivity contribution in [2.24, 2.45) is 7.05 Å². The van der Waals surface area contributed by atoms with Crippen LogP contribution in [0.5, 0.6) is 0 Å². The molecule has 2 aromatic rings. The lowest BCUT2D eigenvalue weighted by Crippen LogP contribution is -2.19. The van der Waals surface area contributed by atoms with Gasteiger partial charge in [-0.1, -0.05) is 0 Å². The summed E-state index contributed by atoms with van der Waals surface area (Å²) in [6.45, 7) is 1.87. The number of rotatable bonds is 5. The Labute approximate surface area is 126 Å². The van der Waals surface area contributed by atoms with Crippen molar-refractivity contribution >= 4 is 12.4 Å². The van der Waals surface area contributed by atoms with E-state index in [1.807, 2.05) is 20.2 Å². The molecule has 0 unspecified atom stereocenters. The lowest BCUT2D eigenvalue weighted by Gasteiger charge is -2.05. The third-order valence-electron chi connectivity index (χ3n) is 2.77. The lowest BCUT2D eigenvalue weighted by molar-refractivity contribution is -0.142. The Bertz CT molecular complexity index is 576. The van der Waals surface area contributed by atoms with Crippen molar-refractivity contribution in [2.45, 2.75) is 32.7 Å². The summed E-state index contributed by atoms with van der Waals surface area (Å²) in [4.78, 5) is 0.